The second-order valence-corrected chi connectivity index (χ2v) is 8.36. The van der Waals surface area contributed by atoms with E-state index in [2.05, 4.69) is 38.4 Å². The number of hydrogen-bond donors (Lipinski definition) is 1. The molecule has 0 aliphatic heterocycles. The molecule has 4 aromatic rings. The molecule has 0 atom stereocenters. The lowest BCUT2D eigenvalue weighted by Crippen LogP contribution is -2.15. The van der Waals surface area contributed by atoms with Gasteiger partial charge in [0.05, 0.1) is 5.75 Å². The van der Waals surface area contributed by atoms with Gasteiger partial charge in [-0.2, -0.15) is 0 Å². The molecule has 0 unspecified atom stereocenters. The number of carbonyl (C=O) groups is 1. The summed E-state index contributed by atoms with van der Waals surface area (Å²) < 4.78 is 8.73. The van der Waals surface area contributed by atoms with Gasteiger partial charge in [0, 0.05) is 22.6 Å². The number of anilines is 1. The molecule has 6 nitrogen and oxygen atoms in total. The van der Waals surface area contributed by atoms with Crippen molar-refractivity contribution in [2.75, 3.05) is 11.1 Å². The highest BCUT2D eigenvalue weighted by Crippen LogP contribution is 2.30. The van der Waals surface area contributed by atoms with Crippen LogP contribution in [0, 0.1) is 0 Å². The molecular weight excluding hydrogens is 452 g/mol. The summed E-state index contributed by atoms with van der Waals surface area (Å²) in [5, 5.41) is 13.1. The zero-order valence-electron chi connectivity index (χ0n) is 16.0. The highest BCUT2D eigenvalue weighted by molar-refractivity contribution is 9.10. The van der Waals surface area contributed by atoms with Crippen molar-refractivity contribution in [3.8, 4) is 11.6 Å². The van der Waals surface area contributed by atoms with Crippen molar-refractivity contribution in [2.24, 2.45) is 7.05 Å². The zero-order valence-corrected chi connectivity index (χ0v) is 18.4. The molecule has 0 spiro atoms. The van der Waals surface area contributed by atoms with Gasteiger partial charge in [-0.15, -0.1) is 10.2 Å². The molecule has 2 heterocycles. The van der Waals surface area contributed by atoms with E-state index in [0.29, 0.717) is 16.7 Å². The highest BCUT2D eigenvalue weighted by atomic mass is 79.9. The minimum atomic E-state index is -0.0750. The lowest BCUT2D eigenvalue weighted by molar-refractivity contribution is -0.113. The molecule has 0 aliphatic rings. The predicted molar refractivity (Wildman–Crippen MR) is 119 cm³/mol. The standard InChI is InChI=1S/C21H19BrN4O2S/c1-3-13-6-4-5-7-16(13)23-19(27)12-29-21-25-24-20(26(21)2)18-11-14-10-15(22)8-9-17(14)28-18/h4-11H,3,12H2,1-2H3,(H,23,27). The fourth-order valence-corrected chi connectivity index (χ4v) is 4.14. The number of hydrogen-bond acceptors (Lipinski definition) is 5. The molecule has 1 N–H and O–H groups in total. The van der Waals surface area contributed by atoms with Gasteiger partial charge < -0.3 is 14.3 Å². The minimum Gasteiger partial charge on any atom is -0.453 e. The Morgan fingerprint density at radius 2 is 2.03 bits per heavy atom. The van der Waals surface area contributed by atoms with Gasteiger partial charge in [0.1, 0.15) is 5.58 Å². The summed E-state index contributed by atoms with van der Waals surface area (Å²) in [4.78, 5) is 12.4. The third kappa shape index (κ3) is 4.23. The summed E-state index contributed by atoms with van der Waals surface area (Å²) in [5.41, 5.74) is 2.75. The fraction of sp³-hybridized carbons (Fsp3) is 0.190. The summed E-state index contributed by atoms with van der Waals surface area (Å²) in [6.45, 7) is 2.07. The van der Waals surface area contributed by atoms with Gasteiger partial charge in [-0.25, -0.2) is 0 Å². The van der Waals surface area contributed by atoms with Crippen molar-refractivity contribution in [3.05, 3.63) is 58.6 Å². The van der Waals surface area contributed by atoms with Crippen LogP contribution in [0.25, 0.3) is 22.6 Å². The number of nitrogens with one attached hydrogen (secondary N) is 1. The van der Waals surface area contributed by atoms with Gasteiger partial charge in [0.25, 0.3) is 0 Å². The van der Waals surface area contributed by atoms with Crippen LogP contribution in [-0.2, 0) is 18.3 Å². The second kappa shape index (κ2) is 8.42. The summed E-state index contributed by atoms with van der Waals surface area (Å²) >= 11 is 4.81. The van der Waals surface area contributed by atoms with Crippen molar-refractivity contribution in [1.82, 2.24) is 14.8 Å². The number of aromatic nitrogens is 3. The topological polar surface area (TPSA) is 73.0 Å². The monoisotopic (exact) mass is 470 g/mol. The van der Waals surface area contributed by atoms with Crippen LogP contribution >= 0.6 is 27.7 Å². The van der Waals surface area contributed by atoms with Crippen LogP contribution in [0.4, 0.5) is 5.69 Å². The molecule has 0 aliphatic carbocycles. The quantitative estimate of drug-likeness (QED) is 0.387. The van der Waals surface area contributed by atoms with E-state index in [-0.39, 0.29) is 11.7 Å². The Morgan fingerprint density at radius 1 is 1.21 bits per heavy atom. The largest absolute Gasteiger partial charge is 0.453 e. The Balaban J connectivity index is 1.46. The van der Waals surface area contributed by atoms with E-state index in [1.54, 1.807) is 0 Å². The van der Waals surface area contributed by atoms with Crippen LogP contribution in [0.1, 0.15) is 12.5 Å². The molecule has 2 aromatic heterocycles. The first-order valence-electron chi connectivity index (χ1n) is 9.14. The number of thioether (sulfide) groups is 1. The molecule has 0 saturated heterocycles. The number of para-hydroxylation sites is 1. The van der Waals surface area contributed by atoms with Gasteiger partial charge in [-0.1, -0.05) is 52.8 Å². The maximum Gasteiger partial charge on any atom is 0.234 e. The van der Waals surface area contributed by atoms with E-state index >= 15 is 0 Å². The van der Waals surface area contributed by atoms with Crippen molar-refractivity contribution >= 4 is 50.3 Å². The summed E-state index contributed by atoms with van der Waals surface area (Å²) in [6, 6.07) is 15.6. The number of benzene rings is 2. The number of halogens is 1. The summed E-state index contributed by atoms with van der Waals surface area (Å²) in [7, 11) is 1.87. The minimum absolute atomic E-state index is 0.0750. The Kier molecular flexibility index (Phi) is 5.73. The first-order chi connectivity index (χ1) is 14.0. The number of rotatable bonds is 6. The van der Waals surface area contributed by atoms with Crippen LogP contribution in [0.2, 0.25) is 0 Å². The maximum absolute atomic E-state index is 12.4. The molecule has 148 valence electrons. The highest BCUT2D eigenvalue weighted by Gasteiger charge is 2.17. The van der Waals surface area contributed by atoms with Gasteiger partial charge in [-0.3, -0.25) is 4.79 Å². The normalized spacial score (nSPS) is 11.1. The molecule has 0 fully saturated rings. The molecule has 2 aromatic carbocycles. The Labute approximate surface area is 180 Å². The van der Waals surface area contributed by atoms with Gasteiger partial charge >= 0.3 is 0 Å². The third-order valence-corrected chi connectivity index (χ3v) is 6.05. The van der Waals surface area contributed by atoms with E-state index in [4.69, 9.17) is 4.42 Å². The number of carbonyl (C=O) groups excluding carboxylic acids is 1. The average Bonchev–Trinajstić information content (AvgIpc) is 3.29. The van der Waals surface area contributed by atoms with Crippen LogP contribution in [0.15, 0.2) is 62.6 Å². The Bertz CT molecular complexity index is 1180. The first kappa shape index (κ1) is 19.7. The molecule has 1 amide bonds. The van der Waals surface area contributed by atoms with Crippen molar-refractivity contribution in [3.63, 3.8) is 0 Å². The Hall–Kier alpha value is -2.58. The lowest BCUT2D eigenvalue weighted by Gasteiger charge is -2.09. The van der Waals surface area contributed by atoms with Crippen LogP contribution in [0.3, 0.4) is 0 Å². The van der Waals surface area contributed by atoms with Gasteiger partial charge in [0.15, 0.2) is 16.7 Å². The Morgan fingerprint density at radius 3 is 2.86 bits per heavy atom. The molecule has 29 heavy (non-hydrogen) atoms. The predicted octanol–water partition coefficient (Wildman–Crippen LogP) is 5.28. The van der Waals surface area contributed by atoms with Crippen LogP contribution < -0.4 is 5.32 Å². The van der Waals surface area contributed by atoms with Crippen molar-refractivity contribution in [1.29, 1.82) is 0 Å². The lowest BCUT2D eigenvalue weighted by atomic mass is 10.1. The molecule has 0 radical (unpaired) electrons. The summed E-state index contributed by atoms with van der Waals surface area (Å²) in [5.74, 6) is 1.43. The van der Waals surface area contributed by atoms with E-state index in [1.165, 1.54) is 11.8 Å². The molecular formula is C21H19BrN4O2S. The van der Waals surface area contributed by atoms with Crippen molar-refractivity contribution in [2.45, 2.75) is 18.5 Å². The van der Waals surface area contributed by atoms with E-state index in [1.807, 2.05) is 60.1 Å². The average molecular weight is 471 g/mol. The van der Waals surface area contributed by atoms with Crippen LogP contribution in [0.5, 0.6) is 0 Å². The third-order valence-electron chi connectivity index (χ3n) is 4.54. The molecule has 0 bridgehead atoms. The first-order valence-corrected chi connectivity index (χ1v) is 10.9. The smallest absolute Gasteiger partial charge is 0.234 e. The van der Waals surface area contributed by atoms with E-state index < -0.39 is 0 Å². The number of nitrogens with zero attached hydrogens (tertiary/aromatic N) is 3. The molecule has 8 heteroatoms. The van der Waals surface area contributed by atoms with Crippen molar-refractivity contribution < 1.29 is 9.21 Å². The number of amides is 1. The van der Waals surface area contributed by atoms with Gasteiger partial charge in [0.2, 0.25) is 5.91 Å². The zero-order chi connectivity index (χ0) is 20.4. The fourth-order valence-electron chi connectivity index (χ4n) is 3.05. The summed E-state index contributed by atoms with van der Waals surface area (Å²) in [6.07, 6.45) is 0.865. The SMILES string of the molecule is CCc1ccccc1NC(=O)CSc1nnc(-c2cc3cc(Br)ccc3o2)n1C. The maximum atomic E-state index is 12.4. The van der Waals surface area contributed by atoms with E-state index in [9.17, 15) is 4.79 Å². The number of furan rings is 1. The van der Waals surface area contributed by atoms with E-state index in [0.717, 1.165) is 33.1 Å². The molecule has 0 saturated carbocycles. The van der Waals surface area contributed by atoms with Crippen LogP contribution in [-0.4, -0.2) is 26.4 Å². The number of aryl methyl sites for hydroxylation is 1. The molecule has 4 rings (SSSR count). The van der Waals surface area contributed by atoms with Gasteiger partial charge in [-0.05, 0) is 42.3 Å². The number of fused-ring (bicyclic) bond motifs is 1. The second-order valence-electron chi connectivity index (χ2n) is 6.51.